The second-order valence-electron chi connectivity index (χ2n) is 8.66. The average molecular weight is 354 g/mol. The summed E-state index contributed by atoms with van der Waals surface area (Å²) in [6.45, 7) is 12.0. The molecular weight excluding hydrogens is 328 g/mol. The highest BCUT2D eigenvalue weighted by molar-refractivity contribution is 5.92. The van der Waals surface area contributed by atoms with Crippen LogP contribution >= 0.6 is 0 Å². The minimum atomic E-state index is -0.259. The third-order valence-electron chi connectivity index (χ3n) is 4.55. The van der Waals surface area contributed by atoms with Gasteiger partial charge in [-0.05, 0) is 46.2 Å². The molecule has 0 radical (unpaired) electrons. The van der Waals surface area contributed by atoms with Crippen molar-refractivity contribution in [1.82, 2.24) is 0 Å². The fourth-order valence-corrected chi connectivity index (χ4v) is 2.77. The molecule has 0 atom stereocenters. The summed E-state index contributed by atoms with van der Waals surface area (Å²) in [5.41, 5.74) is 2.16. The molecule has 0 bridgehead atoms. The number of rotatable bonds is 3. The van der Waals surface area contributed by atoms with Crippen LogP contribution in [0.15, 0.2) is 24.3 Å². The molecule has 0 fully saturated rings. The molecule has 0 amide bonds. The number of hydrogen-bond acceptors (Lipinski definition) is 4. The first-order chi connectivity index (χ1) is 11.9. The number of benzene rings is 2. The maximum Gasteiger partial charge on any atom is 0.153 e. The fourth-order valence-electron chi connectivity index (χ4n) is 2.77. The molecule has 138 valence electrons. The Morgan fingerprint density at radius 3 is 1.19 bits per heavy atom. The Morgan fingerprint density at radius 2 is 0.962 bits per heavy atom. The maximum absolute atomic E-state index is 11.4. The van der Waals surface area contributed by atoms with Gasteiger partial charge in [0.05, 0.1) is 11.1 Å². The van der Waals surface area contributed by atoms with Gasteiger partial charge in [0.2, 0.25) is 0 Å². The molecule has 0 saturated heterocycles. The molecule has 0 aromatic heterocycles. The lowest BCUT2D eigenvalue weighted by atomic mass is 9.81. The van der Waals surface area contributed by atoms with Crippen LogP contribution in [0.5, 0.6) is 11.5 Å². The van der Waals surface area contributed by atoms with Gasteiger partial charge in [0.1, 0.15) is 11.5 Å². The lowest BCUT2D eigenvalue weighted by Gasteiger charge is -2.24. The average Bonchev–Trinajstić information content (AvgIpc) is 2.53. The van der Waals surface area contributed by atoms with Crippen LogP contribution in [0.3, 0.4) is 0 Å². The molecular formula is C22H26O4. The summed E-state index contributed by atoms with van der Waals surface area (Å²) >= 11 is 0. The maximum atomic E-state index is 11.4. The van der Waals surface area contributed by atoms with Crippen molar-refractivity contribution in [3.8, 4) is 22.6 Å². The van der Waals surface area contributed by atoms with E-state index in [4.69, 9.17) is 0 Å². The van der Waals surface area contributed by atoms with Crippen molar-refractivity contribution in [2.24, 2.45) is 0 Å². The van der Waals surface area contributed by atoms with E-state index in [0.717, 1.165) is 11.1 Å². The molecule has 2 N–H and O–H groups in total. The van der Waals surface area contributed by atoms with Gasteiger partial charge in [0.25, 0.3) is 0 Å². The van der Waals surface area contributed by atoms with Crippen LogP contribution in [-0.4, -0.2) is 22.8 Å². The van der Waals surface area contributed by atoms with Crippen molar-refractivity contribution in [3.63, 3.8) is 0 Å². The van der Waals surface area contributed by atoms with E-state index in [1.165, 1.54) is 0 Å². The van der Waals surface area contributed by atoms with Crippen molar-refractivity contribution in [1.29, 1.82) is 0 Å². The van der Waals surface area contributed by atoms with Gasteiger partial charge in [-0.1, -0.05) is 41.5 Å². The normalized spacial score (nSPS) is 12.1. The lowest BCUT2D eigenvalue weighted by molar-refractivity contribution is 0.111. The standard InChI is InChI=1S/C22H26O4/c1-21(2,3)15-7-13(11-23)19(25)17(9-15)18-10-16(22(4,5)6)8-14(12-24)20(18)26/h7-12,25-26H,1-6H3. The molecule has 0 spiro atoms. The van der Waals surface area contributed by atoms with Crippen molar-refractivity contribution < 1.29 is 19.8 Å². The summed E-state index contributed by atoms with van der Waals surface area (Å²) in [6, 6.07) is 6.82. The molecule has 0 aliphatic carbocycles. The van der Waals surface area contributed by atoms with E-state index in [0.29, 0.717) is 23.7 Å². The van der Waals surface area contributed by atoms with Crippen molar-refractivity contribution in [3.05, 3.63) is 46.5 Å². The Morgan fingerprint density at radius 1 is 0.654 bits per heavy atom. The summed E-state index contributed by atoms with van der Waals surface area (Å²) in [5, 5.41) is 21.2. The largest absolute Gasteiger partial charge is 0.507 e. The molecule has 0 unspecified atom stereocenters. The predicted octanol–water partition coefficient (Wildman–Crippen LogP) is 4.98. The summed E-state index contributed by atoms with van der Waals surface area (Å²) < 4.78 is 0. The molecule has 2 aromatic rings. The number of carbonyl (C=O) groups excluding carboxylic acids is 2. The summed E-state index contributed by atoms with van der Waals surface area (Å²) in [4.78, 5) is 22.9. The van der Waals surface area contributed by atoms with Gasteiger partial charge in [-0.3, -0.25) is 9.59 Å². The molecule has 26 heavy (non-hydrogen) atoms. The highest BCUT2D eigenvalue weighted by atomic mass is 16.3. The predicted molar refractivity (Wildman–Crippen MR) is 103 cm³/mol. The van der Waals surface area contributed by atoms with Crippen LogP contribution in [0.4, 0.5) is 0 Å². The lowest BCUT2D eigenvalue weighted by Crippen LogP contribution is -2.13. The SMILES string of the molecule is CC(C)(C)c1cc(C=O)c(O)c(-c2cc(C(C)(C)C)cc(C=O)c2O)c1. The molecule has 2 aromatic carbocycles. The molecule has 0 aliphatic heterocycles. The number of aromatic hydroxyl groups is 2. The Hall–Kier alpha value is -2.62. The van der Waals surface area contributed by atoms with Crippen LogP contribution in [0.25, 0.3) is 11.1 Å². The molecule has 4 heteroatoms. The Labute approximate surface area is 154 Å². The van der Waals surface area contributed by atoms with Crippen molar-refractivity contribution in [2.75, 3.05) is 0 Å². The third-order valence-corrected chi connectivity index (χ3v) is 4.55. The zero-order chi connectivity index (χ0) is 19.9. The van der Waals surface area contributed by atoms with Crippen LogP contribution in [0, 0.1) is 0 Å². The quantitative estimate of drug-likeness (QED) is 0.762. The van der Waals surface area contributed by atoms with Gasteiger partial charge in [0, 0.05) is 11.1 Å². The van der Waals surface area contributed by atoms with Gasteiger partial charge >= 0.3 is 0 Å². The van der Waals surface area contributed by atoms with E-state index in [-0.39, 0.29) is 33.5 Å². The number of aldehydes is 2. The van der Waals surface area contributed by atoms with Gasteiger partial charge < -0.3 is 10.2 Å². The third kappa shape index (κ3) is 3.64. The van der Waals surface area contributed by atoms with E-state index < -0.39 is 0 Å². The van der Waals surface area contributed by atoms with Crippen molar-refractivity contribution in [2.45, 2.75) is 52.4 Å². The zero-order valence-corrected chi connectivity index (χ0v) is 16.2. The first-order valence-corrected chi connectivity index (χ1v) is 8.56. The van der Waals surface area contributed by atoms with Gasteiger partial charge in [-0.2, -0.15) is 0 Å². The minimum Gasteiger partial charge on any atom is -0.507 e. The van der Waals surface area contributed by atoms with E-state index in [2.05, 4.69) is 0 Å². The number of carbonyl (C=O) groups is 2. The van der Waals surface area contributed by atoms with Crippen LogP contribution in [0.1, 0.15) is 73.4 Å². The minimum absolute atomic E-state index is 0.153. The smallest absolute Gasteiger partial charge is 0.153 e. The Balaban J connectivity index is 2.91. The Bertz CT molecular complexity index is 792. The second-order valence-corrected chi connectivity index (χ2v) is 8.66. The highest BCUT2D eigenvalue weighted by Crippen LogP contribution is 2.43. The van der Waals surface area contributed by atoms with E-state index in [1.54, 1.807) is 24.3 Å². The summed E-state index contributed by atoms with van der Waals surface area (Å²) in [5.74, 6) is -0.405. The van der Waals surface area contributed by atoms with Gasteiger partial charge in [-0.15, -0.1) is 0 Å². The molecule has 0 heterocycles. The van der Waals surface area contributed by atoms with Gasteiger partial charge in [-0.25, -0.2) is 0 Å². The molecule has 0 aliphatic rings. The van der Waals surface area contributed by atoms with Gasteiger partial charge in [0.15, 0.2) is 12.6 Å². The molecule has 0 saturated carbocycles. The van der Waals surface area contributed by atoms with E-state index in [1.807, 2.05) is 41.5 Å². The topological polar surface area (TPSA) is 74.6 Å². The zero-order valence-electron chi connectivity index (χ0n) is 16.2. The van der Waals surface area contributed by atoms with Crippen LogP contribution < -0.4 is 0 Å². The van der Waals surface area contributed by atoms with Crippen LogP contribution in [0.2, 0.25) is 0 Å². The monoisotopic (exact) mass is 354 g/mol. The number of phenols is 2. The highest BCUT2D eigenvalue weighted by Gasteiger charge is 2.24. The van der Waals surface area contributed by atoms with E-state index >= 15 is 0 Å². The van der Waals surface area contributed by atoms with E-state index in [9.17, 15) is 19.8 Å². The first-order valence-electron chi connectivity index (χ1n) is 8.56. The fraction of sp³-hybridized carbons (Fsp3) is 0.364. The van der Waals surface area contributed by atoms with Crippen molar-refractivity contribution >= 4 is 12.6 Å². The summed E-state index contributed by atoms with van der Waals surface area (Å²) in [6.07, 6.45) is 1.19. The molecule has 4 nitrogen and oxygen atoms in total. The molecule has 2 rings (SSSR count). The second kappa shape index (κ2) is 6.60. The number of phenolic OH excluding ortho intramolecular Hbond substituents is 2. The Kier molecular flexibility index (Phi) is 5.00. The number of hydrogen-bond donors (Lipinski definition) is 2. The first kappa shape index (κ1) is 19.7. The summed E-state index contributed by atoms with van der Waals surface area (Å²) in [7, 11) is 0. The van der Waals surface area contributed by atoms with Crippen LogP contribution in [-0.2, 0) is 10.8 Å².